The molecule has 0 radical (unpaired) electrons. The molecule has 1 heterocycles. The highest BCUT2D eigenvalue weighted by Gasteiger charge is 2.10. The van der Waals surface area contributed by atoms with Crippen LogP contribution in [0.5, 0.6) is 0 Å². The predicted molar refractivity (Wildman–Crippen MR) is 81.0 cm³/mol. The second kappa shape index (κ2) is 6.22. The van der Waals surface area contributed by atoms with Crippen LogP contribution in [0.2, 0.25) is 5.02 Å². The predicted octanol–water partition coefficient (Wildman–Crippen LogP) is 3.89. The number of aromatic nitrogens is 1. The van der Waals surface area contributed by atoms with E-state index in [1.54, 1.807) is 13.3 Å². The summed E-state index contributed by atoms with van der Waals surface area (Å²) in [5, 5.41) is 5.22. The first kappa shape index (κ1) is 14.1. The first-order valence-corrected chi connectivity index (χ1v) is 6.78. The molecule has 19 heavy (non-hydrogen) atoms. The molecule has 0 spiro atoms. The first-order valence-electron chi connectivity index (χ1n) is 6.40. The van der Waals surface area contributed by atoms with Crippen LogP contribution >= 0.6 is 11.6 Å². The Labute approximate surface area is 118 Å². The number of nitrogens with zero attached hydrogens (tertiary/aromatic N) is 1. The second-order valence-corrected chi connectivity index (χ2v) is 5.30. The van der Waals surface area contributed by atoms with Gasteiger partial charge in [0.05, 0.1) is 22.8 Å². The second-order valence-electron chi connectivity index (χ2n) is 4.89. The van der Waals surface area contributed by atoms with Crippen LogP contribution < -0.4 is 5.32 Å². The van der Waals surface area contributed by atoms with Crippen molar-refractivity contribution in [2.75, 3.05) is 25.6 Å². The lowest BCUT2D eigenvalue weighted by molar-refractivity contribution is 0.164. The summed E-state index contributed by atoms with van der Waals surface area (Å²) in [6.07, 6.45) is 1.81. The Hall–Kier alpha value is -1.32. The summed E-state index contributed by atoms with van der Waals surface area (Å²) in [6.45, 7) is 5.71. The minimum absolute atomic E-state index is 0.425. The van der Waals surface area contributed by atoms with E-state index in [-0.39, 0.29) is 0 Å². The van der Waals surface area contributed by atoms with Gasteiger partial charge in [0.1, 0.15) is 0 Å². The van der Waals surface area contributed by atoms with Gasteiger partial charge in [0.2, 0.25) is 0 Å². The molecule has 0 aliphatic rings. The normalized spacial score (nSPS) is 12.6. The molecule has 0 fully saturated rings. The van der Waals surface area contributed by atoms with Crippen molar-refractivity contribution >= 4 is 28.2 Å². The number of hydrogen-bond donors (Lipinski definition) is 1. The molecule has 1 N–H and O–H groups in total. The highest BCUT2D eigenvalue weighted by molar-refractivity contribution is 6.35. The zero-order chi connectivity index (χ0) is 13.8. The Kier molecular flexibility index (Phi) is 4.61. The fourth-order valence-electron chi connectivity index (χ4n) is 2.18. The molecular formula is C15H19ClN2O. The van der Waals surface area contributed by atoms with E-state index in [9.17, 15) is 0 Å². The lowest BCUT2D eigenvalue weighted by atomic mass is 10.1. The van der Waals surface area contributed by atoms with Gasteiger partial charge in [-0.05, 0) is 36.6 Å². The fourth-order valence-corrected chi connectivity index (χ4v) is 2.51. The number of pyridine rings is 1. The summed E-state index contributed by atoms with van der Waals surface area (Å²) in [5.41, 5.74) is 3.04. The van der Waals surface area contributed by atoms with Crippen LogP contribution in [0.3, 0.4) is 0 Å². The van der Waals surface area contributed by atoms with Gasteiger partial charge in [0.15, 0.2) is 0 Å². The van der Waals surface area contributed by atoms with Crippen molar-refractivity contribution in [3.8, 4) is 0 Å². The topological polar surface area (TPSA) is 34.1 Å². The average molecular weight is 279 g/mol. The van der Waals surface area contributed by atoms with Crippen molar-refractivity contribution in [2.45, 2.75) is 13.8 Å². The Morgan fingerprint density at radius 3 is 3.00 bits per heavy atom. The molecule has 0 amide bonds. The van der Waals surface area contributed by atoms with Gasteiger partial charge in [-0.2, -0.15) is 0 Å². The van der Waals surface area contributed by atoms with Gasteiger partial charge in [-0.15, -0.1) is 0 Å². The summed E-state index contributed by atoms with van der Waals surface area (Å²) in [7, 11) is 1.72. The van der Waals surface area contributed by atoms with Crippen LogP contribution in [0.25, 0.3) is 10.9 Å². The Balaban J connectivity index is 2.32. The lowest BCUT2D eigenvalue weighted by Gasteiger charge is -2.16. The van der Waals surface area contributed by atoms with Gasteiger partial charge >= 0.3 is 0 Å². The number of fused-ring (bicyclic) bond motifs is 1. The molecule has 1 atom stereocenters. The maximum atomic E-state index is 6.35. The van der Waals surface area contributed by atoms with Crippen molar-refractivity contribution in [3.63, 3.8) is 0 Å². The summed E-state index contributed by atoms with van der Waals surface area (Å²) < 4.78 is 5.14. The molecule has 4 heteroatoms. The first-order chi connectivity index (χ1) is 9.13. The van der Waals surface area contributed by atoms with Gasteiger partial charge in [-0.1, -0.05) is 18.5 Å². The third-order valence-electron chi connectivity index (χ3n) is 3.11. The van der Waals surface area contributed by atoms with Gasteiger partial charge < -0.3 is 10.1 Å². The molecule has 1 aromatic heterocycles. The van der Waals surface area contributed by atoms with Crippen molar-refractivity contribution in [3.05, 3.63) is 35.0 Å². The number of nitrogens with one attached hydrogen (secondary N) is 1. The highest BCUT2D eigenvalue weighted by Crippen LogP contribution is 2.32. The van der Waals surface area contributed by atoms with E-state index >= 15 is 0 Å². The summed E-state index contributed by atoms with van der Waals surface area (Å²) >= 11 is 6.35. The molecule has 0 saturated heterocycles. The van der Waals surface area contributed by atoms with Crippen molar-refractivity contribution in [2.24, 2.45) is 5.92 Å². The van der Waals surface area contributed by atoms with Gasteiger partial charge in [0.25, 0.3) is 0 Å². The van der Waals surface area contributed by atoms with Gasteiger partial charge in [0, 0.05) is 25.2 Å². The Morgan fingerprint density at radius 2 is 2.26 bits per heavy atom. The van der Waals surface area contributed by atoms with Crippen molar-refractivity contribution in [1.29, 1.82) is 0 Å². The van der Waals surface area contributed by atoms with E-state index in [0.717, 1.165) is 40.3 Å². The highest BCUT2D eigenvalue weighted by atomic mass is 35.5. The molecular weight excluding hydrogens is 260 g/mol. The zero-order valence-corrected chi connectivity index (χ0v) is 12.3. The van der Waals surface area contributed by atoms with E-state index in [4.69, 9.17) is 16.3 Å². The summed E-state index contributed by atoms with van der Waals surface area (Å²) in [5.74, 6) is 0.425. The third kappa shape index (κ3) is 3.17. The lowest BCUT2D eigenvalue weighted by Crippen LogP contribution is -2.16. The minimum atomic E-state index is 0.425. The van der Waals surface area contributed by atoms with Crippen molar-refractivity contribution in [1.82, 2.24) is 4.98 Å². The van der Waals surface area contributed by atoms with E-state index in [1.807, 2.05) is 25.1 Å². The van der Waals surface area contributed by atoms with Crippen LogP contribution in [0, 0.1) is 12.8 Å². The van der Waals surface area contributed by atoms with E-state index in [1.165, 1.54) is 0 Å². The monoisotopic (exact) mass is 278 g/mol. The SMILES string of the molecule is COCC(C)CNc1c(Cl)cc(C)c2ncccc12. The quantitative estimate of drug-likeness (QED) is 0.901. The van der Waals surface area contributed by atoms with Crippen LogP contribution in [-0.4, -0.2) is 25.2 Å². The molecule has 1 unspecified atom stereocenters. The maximum absolute atomic E-state index is 6.35. The van der Waals surface area contributed by atoms with Crippen LogP contribution in [0.1, 0.15) is 12.5 Å². The molecule has 3 nitrogen and oxygen atoms in total. The number of rotatable bonds is 5. The smallest absolute Gasteiger partial charge is 0.0752 e. The van der Waals surface area contributed by atoms with Crippen LogP contribution in [-0.2, 0) is 4.74 Å². The number of hydrogen-bond acceptors (Lipinski definition) is 3. The van der Waals surface area contributed by atoms with E-state index < -0.39 is 0 Å². The zero-order valence-electron chi connectivity index (χ0n) is 11.5. The summed E-state index contributed by atoms with van der Waals surface area (Å²) in [4.78, 5) is 4.42. The standard InChI is InChI=1S/C15H19ClN2O/c1-10(9-19-3)8-18-15-12-5-4-6-17-14(12)11(2)7-13(15)16/h4-7,10,18H,8-9H2,1-3H3. The maximum Gasteiger partial charge on any atom is 0.0752 e. The van der Waals surface area contributed by atoms with Crippen molar-refractivity contribution < 1.29 is 4.74 Å². The number of halogens is 1. The molecule has 102 valence electrons. The van der Waals surface area contributed by atoms with Crippen LogP contribution in [0.4, 0.5) is 5.69 Å². The number of benzene rings is 1. The molecule has 0 aliphatic heterocycles. The number of anilines is 1. The molecule has 1 aromatic carbocycles. The molecule has 2 rings (SSSR count). The summed E-state index contributed by atoms with van der Waals surface area (Å²) in [6, 6.07) is 5.94. The Bertz CT molecular complexity index is 571. The number of methoxy groups -OCH3 is 1. The largest absolute Gasteiger partial charge is 0.384 e. The van der Waals surface area contributed by atoms with E-state index in [2.05, 4.69) is 17.2 Å². The van der Waals surface area contributed by atoms with Gasteiger partial charge in [-0.25, -0.2) is 0 Å². The molecule has 0 bridgehead atoms. The van der Waals surface area contributed by atoms with E-state index in [0.29, 0.717) is 5.92 Å². The fraction of sp³-hybridized carbons (Fsp3) is 0.400. The minimum Gasteiger partial charge on any atom is -0.384 e. The molecule has 2 aromatic rings. The van der Waals surface area contributed by atoms with Crippen LogP contribution in [0.15, 0.2) is 24.4 Å². The number of ether oxygens (including phenoxy) is 1. The Morgan fingerprint density at radius 1 is 1.47 bits per heavy atom. The molecule has 0 aliphatic carbocycles. The average Bonchev–Trinajstić information content (AvgIpc) is 2.39. The third-order valence-corrected chi connectivity index (χ3v) is 3.41. The molecule has 0 saturated carbocycles. The number of aryl methyl sites for hydroxylation is 1. The van der Waals surface area contributed by atoms with Gasteiger partial charge in [-0.3, -0.25) is 4.98 Å².